The largest absolute Gasteiger partial charge is 0.341 e. The van der Waals surface area contributed by atoms with Gasteiger partial charge in [-0.05, 0) is 44.4 Å². The maximum Gasteiger partial charge on any atom is 0.239 e. The summed E-state index contributed by atoms with van der Waals surface area (Å²) in [6, 6.07) is 0.765. The number of carbonyl (C=O) groups is 1. The minimum Gasteiger partial charge on any atom is -0.341 e. The van der Waals surface area contributed by atoms with E-state index in [0.29, 0.717) is 11.9 Å². The Bertz CT molecular complexity index is 286. The van der Waals surface area contributed by atoms with Gasteiger partial charge in [0.1, 0.15) is 0 Å². The molecule has 2 aliphatic heterocycles. The number of hydrogen-bond donors (Lipinski definition) is 1. The molecule has 0 radical (unpaired) electrons. The summed E-state index contributed by atoms with van der Waals surface area (Å²) in [5.41, 5.74) is 0. The van der Waals surface area contributed by atoms with Gasteiger partial charge in [-0.15, -0.1) is 0 Å². The number of nitrogens with one attached hydrogen (secondary N) is 1. The molecule has 2 saturated heterocycles. The number of carbonyl (C=O) groups excluding carboxylic acids is 1. The third-order valence-corrected chi connectivity index (χ3v) is 4.87. The normalized spacial score (nSPS) is 37.9. The van der Waals surface area contributed by atoms with Crippen molar-refractivity contribution < 1.29 is 4.79 Å². The van der Waals surface area contributed by atoms with Gasteiger partial charge in [-0.2, -0.15) is 0 Å². The fraction of sp³-hybridized carbons (Fsp3) is 0.929. The summed E-state index contributed by atoms with van der Waals surface area (Å²) in [5.74, 6) is 1.23. The number of rotatable bonds is 1. The minimum atomic E-state index is 0.132. The summed E-state index contributed by atoms with van der Waals surface area (Å²) in [6.45, 7) is 1.98. The van der Waals surface area contributed by atoms with Gasteiger partial charge in [0, 0.05) is 19.1 Å². The van der Waals surface area contributed by atoms with E-state index in [9.17, 15) is 4.79 Å². The van der Waals surface area contributed by atoms with Gasteiger partial charge in [-0.1, -0.05) is 12.8 Å². The van der Waals surface area contributed by atoms with E-state index in [1.165, 1.54) is 44.9 Å². The molecule has 0 aromatic rings. The van der Waals surface area contributed by atoms with Gasteiger partial charge in [-0.3, -0.25) is 4.79 Å². The molecule has 0 spiro atoms. The van der Waals surface area contributed by atoms with Crippen LogP contribution in [-0.4, -0.2) is 36.0 Å². The first-order valence-electron chi connectivity index (χ1n) is 7.39. The molecule has 3 rings (SSSR count). The number of likely N-dealkylation sites (tertiary alicyclic amines) is 1. The predicted octanol–water partition coefficient (Wildman–Crippen LogP) is 1.92. The van der Waals surface area contributed by atoms with Crippen molar-refractivity contribution in [3.05, 3.63) is 0 Å². The Labute approximate surface area is 104 Å². The molecule has 96 valence electrons. The van der Waals surface area contributed by atoms with Crippen molar-refractivity contribution in [2.24, 2.45) is 5.92 Å². The van der Waals surface area contributed by atoms with Crippen molar-refractivity contribution in [3.63, 3.8) is 0 Å². The van der Waals surface area contributed by atoms with Crippen molar-refractivity contribution in [2.45, 2.75) is 63.5 Å². The van der Waals surface area contributed by atoms with E-state index in [2.05, 4.69) is 10.2 Å². The molecular formula is C14H24N2O. The first-order chi connectivity index (χ1) is 8.34. The van der Waals surface area contributed by atoms with Crippen molar-refractivity contribution in [3.8, 4) is 0 Å². The zero-order valence-electron chi connectivity index (χ0n) is 10.7. The molecule has 3 heteroatoms. The molecule has 2 heterocycles. The number of piperidine rings is 1. The Morgan fingerprint density at radius 1 is 0.941 bits per heavy atom. The highest BCUT2D eigenvalue weighted by Gasteiger charge is 2.36. The molecule has 1 N–H and O–H groups in total. The zero-order chi connectivity index (χ0) is 11.7. The second kappa shape index (κ2) is 4.97. The average Bonchev–Trinajstić information content (AvgIpc) is 2.91. The molecule has 1 saturated carbocycles. The Morgan fingerprint density at radius 2 is 1.71 bits per heavy atom. The van der Waals surface area contributed by atoms with Crippen LogP contribution in [0.25, 0.3) is 0 Å². The van der Waals surface area contributed by atoms with E-state index in [4.69, 9.17) is 0 Å². The lowest BCUT2D eigenvalue weighted by Gasteiger charge is -2.40. The Balaban J connectivity index is 1.59. The lowest BCUT2D eigenvalue weighted by molar-refractivity contribution is -0.133. The molecule has 0 aromatic heterocycles. The van der Waals surface area contributed by atoms with Crippen LogP contribution in [0.1, 0.15) is 51.4 Å². The summed E-state index contributed by atoms with van der Waals surface area (Å²) in [6.07, 6.45) is 10.1. The van der Waals surface area contributed by atoms with Crippen LogP contribution in [0, 0.1) is 5.92 Å². The van der Waals surface area contributed by atoms with Gasteiger partial charge in [0.2, 0.25) is 5.91 Å². The number of nitrogens with zero attached hydrogens (tertiary/aromatic N) is 1. The van der Waals surface area contributed by atoms with Crippen molar-refractivity contribution in [1.82, 2.24) is 10.2 Å². The molecule has 3 fully saturated rings. The number of fused-ring (bicyclic) bond motifs is 1. The van der Waals surface area contributed by atoms with E-state index < -0.39 is 0 Å². The maximum atomic E-state index is 12.3. The smallest absolute Gasteiger partial charge is 0.239 e. The second-order valence-corrected chi connectivity index (χ2v) is 5.98. The zero-order valence-corrected chi connectivity index (χ0v) is 10.7. The highest BCUT2D eigenvalue weighted by atomic mass is 16.2. The Morgan fingerprint density at radius 3 is 2.53 bits per heavy atom. The van der Waals surface area contributed by atoms with E-state index in [1.54, 1.807) is 0 Å². The molecule has 3 aliphatic rings. The van der Waals surface area contributed by atoms with E-state index in [1.807, 2.05) is 0 Å². The van der Waals surface area contributed by atoms with Crippen LogP contribution in [0.4, 0.5) is 0 Å². The van der Waals surface area contributed by atoms with Gasteiger partial charge in [-0.25, -0.2) is 0 Å². The molecule has 0 aromatic carbocycles. The molecule has 3 nitrogen and oxygen atoms in total. The van der Waals surface area contributed by atoms with Crippen LogP contribution in [0.2, 0.25) is 0 Å². The summed E-state index contributed by atoms with van der Waals surface area (Å²) >= 11 is 0. The molecule has 17 heavy (non-hydrogen) atoms. The Kier molecular flexibility index (Phi) is 3.37. The third-order valence-electron chi connectivity index (χ3n) is 4.87. The van der Waals surface area contributed by atoms with Crippen molar-refractivity contribution >= 4 is 5.91 Å². The van der Waals surface area contributed by atoms with Crippen LogP contribution in [0.3, 0.4) is 0 Å². The molecule has 1 amide bonds. The van der Waals surface area contributed by atoms with Gasteiger partial charge >= 0.3 is 0 Å². The lowest BCUT2D eigenvalue weighted by atomic mass is 9.77. The predicted molar refractivity (Wildman–Crippen MR) is 67.7 cm³/mol. The Hall–Kier alpha value is -0.570. The van der Waals surface area contributed by atoms with Crippen LogP contribution in [0.5, 0.6) is 0 Å². The SMILES string of the molecule is O=C(C1CCC2CCCCC2N1)N1CCCC1. The first-order valence-corrected chi connectivity index (χ1v) is 7.39. The third kappa shape index (κ3) is 2.35. The number of hydrogen-bond acceptors (Lipinski definition) is 2. The first kappa shape index (κ1) is 11.5. The molecule has 3 unspecified atom stereocenters. The van der Waals surface area contributed by atoms with Crippen LogP contribution in [-0.2, 0) is 4.79 Å². The van der Waals surface area contributed by atoms with E-state index >= 15 is 0 Å². The number of amides is 1. The maximum absolute atomic E-state index is 12.3. The average molecular weight is 236 g/mol. The van der Waals surface area contributed by atoms with Crippen LogP contribution >= 0.6 is 0 Å². The lowest BCUT2D eigenvalue weighted by Crippen LogP contribution is -2.55. The molecule has 3 atom stereocenters. The molecule has 1 aliphatic carbocycles. The fourth-order valence-corrected chi connectivity index (χ4v) is 3.85. The highest BCUT2D eigenvalue weighted by Crippen LogP contribution is 2.32. The topological polar surface area (TPSA) is 32.3 Å². The minimum absolute atomic E-state index is 0.132. The summed E-state index contributed by atoms with van der Waals surface area (Å²) in [4.78, 5) is 14.4. The van der Waals surface area contributed by atoms with Crippen LogP contribution < -0.4 is 5.32 Å². The van der Waals surface area contributed by atoms with Gasteiger partial charge in [0.05, 0.1) is 6.04 Å². The fourth-order valence-electron chi connectivity index (χ4n) is 3.85. The van der Waals surface area contributed by atoms with Gasteiger partial charge in [0.15, 0.2) is 0 Å². The van der Waals surface area contributed by atoms with Gasteiger partial charge in [0.25, 0.3) is 0 Å². The van der Waals surface area contributed by atoms with Crippen LogP contribution in [0.15, 0.2) is 0 Å². The monoisotopic (exact) mass is 236 g/mol. The molecular weight excluding hydrogens is 212 g/mol. The summed E-state index contributed by atoms with van der Waals surface area (Å²) < 4.78 is 0. The van der Waals surface area contributed by atoms with Crippen molar-refractivity contribution in [1.29, 1.82) is 0 Å². The summed E-state index contributed by atoms with van der Waals surface area (Å²) in [5, 5.41) is 3.64. The van der Waals surface area contributed by atoms with E-state index in [-0.39, 0.29) is 6.04 Å². The summed E-state index contributed by atoms with van der Waals surface area (Å²) in [7, 11) is 0. The van der Waals surface area contributed by atoms with Gasteiger partial charge < -0.3 is 10.2 Å². The quantitative estimate of drug-likeness (QED) is 0.754. The van der Waals surface area contributed by atoms with E-state index in [0.717, 1.165) is 25.4 Å². The molecule has 0 bridgehead atoms. The second-order valence-electron chi connectivity index (χ2n) is 5.98. The van der Waals surface area contributed by atoms with Crippen molar-refractivity contribution in [2.75, 3.05) is 13.1 Å². The standard InChI is InChI=1S/C14H24N2O/c17-14(16-9-3-4-10-16)13-8-7-11-5-1-2-6-12(11)15-13/h11-13,15H,1-10H2. The highest BCUT2D eigenvalue weighted by molar-refractivity contribution is 5.82.